The van der Waals surface area contributed by atoms with Crippen molar-refractivity contribution in [2.24, 2.45) is 0 Å². The Labute approximate surface area is 101 Å². The van der Waals surface area contributed by atoms with Crippen molar-refractivity contribution in [1.29, 1.82) is 0 Å². The molecule has 0 radical (unpaired) electrons. The van der Waals surface area contributed by atoms with Crippen molar-refractivity contribution in [2.75, 3.05) is 19.6 Å². The molecular weight excluding hydrogens is 216 g/mol. The zero-order valence-corrected chi connectivity index (χ0v) is 9.63. The minimum absolute atomic E-state index is 0.167. The molecule has 90 valence electrons. The molecule has 4 heteroatoms. The summed E-state index contributed by atoms with van der Waals surface area (Å²) in [6, 6.07) is 9.78. The van der Waals surface area contributed by atoms with Gasteiger partial charge >= 0.3 is 5.97 Å². The molecule has 1 aromatic rings. The number of rotatable bonds is 2. The van der Waals surface area contributed by atoms with E-state index in [4.69, 9.17) is 4.74 Å². The second-order valence-electron chi connectivity index (χ2n) is 4.61. The Bertz CT molecular complexity index is 407. The molecule has 0 aromatic heterocycles. The zero-order chi connectivity index (χ0) is 11.7. The van der Waals surface area contributed by atoms with E-state index in [1.54, 1.807) is 12.1 Å². The third-order valence-electron chi connectivity index (χ3n) is 3.51. The van der Waals surface area contributed by atoms with E-state index in [0.717, 1.165) is 19.6 Å². The Morgan fingerprint density at radius 1 is 1.35 bits per heavy atom. The zero-order valence-electron chi connectivity index (χ0n) is 9.63. The van der Waals surface area contributed by atoms with Crippen LogP contribution in [0.25, 0.3) is 0 Å². The van der Waals surface area contributed by atoms with Crippen LogP contribution in [-0.4, -0.2) is 42.8 Å². The summed E-state index contributed by atoms with van der Waals surface area (Å²) in [5, 5.41) is 3.27. The number of nitrogens with one attached hydrogen (secondary N) is 1. The summed E-state index contributed by atoms with van der Waals surface area (Å²) in [6.45, 7) is 2.86. The summed E-state index contributed by atoms with van der Waals surface area (Å²) in [5.74, 6) is -0.248. The van der Waals surface area contributed by atoms with Gasteiger partial charge in [0.15, 0.2) is 6.23 Å². The van der Waals surface area contributed by atoms with Crippen molar-refractivity contribution in [1.82, 2.24) is 10.2 Å². The van der Waals surface area contributed by atoms with Crippen molar-refractivity contribution < 1.29 is 9.53 Å². The van der Waals surface area contributed by atoms with Crippen molar-refractivity contribution >= 4 is 5.97 Å². The van der Waals surface area contributed by atoms with E-state index in [9.17, 15) is 4.79 Å². The van der Waals surface area contributed by atoms with Gasteiger partial charge in [0.05, 0.1) is 5.56 Å². The van der Waals surface area contributed by atoms with Gasteiger partial charge in [-0.1, -0.05) is 18.2 Å². The topological polar surface area (TPSA) is 41.6 Å². The Hall–Kier alpha value is -1.39. The van der Waals surface area contributed by atoms with Gasteiger partial charge in [-0.15, -0.1) is 0 Å². The summed E-state index contributed by atoms with van der Waals surface area (Å²) in [5.41, 5.74) is 0.611. The highest BCUT2D eigenvalue weighted by Crippen LogP contribution is 2.20. The number of fused-ring (bicyclic) bond motifs is 1. The first-order valence-corrected chi connectivity index (χ1v) is 6.06. The molecule has 2 aliphatic heterocycles. The average Bonchev–Trinajstić information content (AvgIpc) is 2.34. The van der Waals surface area contributed by atoms with E-state index in [1.165, 1.54) is 6.42 Å². The summed E-state index contributed by atoms with van der Waals surface area (Å²) in [4.78, 5) is 14.2. The van der Waals surface area contributed by atoms with Crippen LogP contribution >= 0.6 is 0 Å². The van der Waals surface area contributed by atoms with Crippen LogP contribution < -0.4 is 5.32 Å². The molecule has 2 heterocycles. The fourth-order valence-corrected chi connectivity index (χ4v) is 2.36. The number of benzene rings is 1. The van der Waals surface area contributed by atoms with Crippen LogP contribution in [0.5, 0.6) is 0 Å². The number of esters is 1. The van der Waals surface area contributed by atoms with Gasteiger partial charge < -0.3 is 4.74 Å². The molecule has 17 heavy (non-hydrogen) atoms. The predicted molar refractivity (Wildman–Crippen MR) is 63.6 cm³/mol. The minimum Gasteiger partial charge on any atom is -0.442 e. The molecule has 4 nitrogen and oxygen atoms in total. The fourth-order valence-electron chi connectivity index (χ4n) is 2.36. The largest absolute Gasteiger partial charge is 0.442 e. The molecule has 0 saturated carbocycles. The Balaban J connectivity index is 1.58. The third-order valence-corrected chi connectivity index (χ3v) is 3.51. The number of hydrogen-bond donors (Lipinski definition) is 1. The molecule has 0 spiro atoms. The van der Waals surface area contributed by atoms with Crippen molar-refractivity contribution in [3.63, 3.8) is 0 Å². The summed E-state index contributed by atoms with van der Waals surface area (Å²) >= 11 is 0. The molecule has 2 fully saturated rings. The first-order valence-electron chi connectivity index (χ1n) is 6.06. The smallest absolute Gasteiger partial charge is 0.339 e. The number of carbonyl (C=O) groups excluding carboxylic acids is 1. The lowest BCUT2D eigenvalue weighted by molar-refractivity contribution is -0.0426. The summed E-state index contributed by atoms with van der Waals surface area (Å²) < 4.78 is 5.44. The van der Waals surface area contributed by atoms with Crippen molar-refractivity contribution in [2.45, 2.75) is 18.7 Å². The standard InChI is InChI=1S/C13H16N2O2/c16-13(10-4-2-1-3-5-10)17-12-9-15-7-6-11(15)8-14-12/h1-5,11-12,14H,6-9H2. The monoisotopic (exact) mass is 232 g/mol. The van der Waals surface area contributed by atoms with E-state index in [0.29, 0.717) is 11.6 Å². The number of ether oxygens (including phenoxy) is 1. The van der Waals surface area contributed by atoms with E-state index in [-0.39, 0.29) is 12.2 Å². The van der Waals surface area contributed by atoms with E-state index in [2.05, 4.69) is 10.2 Å². The molecule has 2 saturated heterocycles. The molecule has 0 amide bonds. The molecule has 0 aliphatic carbocycles. The van der Waals surface area contributed by atoms with Gasteiger partial charge in [0.25, 0.3) is 0 Å². The maximum atomic E-state index is 11.8. The number of piperazine rings is 1. The lowest BCUT2D eigenvalue weighted by Crippen LogP contribution is -2.63. The minimum atomic E-state index is -0.248. The van der Waals surface area contributed by atoms with Gasteiger partial charge in [-0.2, -0.15) is 0 Å². The molecule has 2 atom stereocenters. The number of nitrogens with zero attached hydrogens (tertiary/aromatic N) is 1. The van der Waals surface area contributed by atoms with Crippen molar-refractivity contribution in [3.05, 3.63) is 35.9 Å². The highest BCUT2D eigenvalue weighted by Gasteiger charge is 2.35. The molecular formula is C13H16N2O2. The number of hydrogen-bond acceptors (Lipinski definition) is 4. The van der Waals surface area contributed by atoms with Crippen LogP contribution in [-0.2, 0) is 4.74 Å². The molecule has 3 rings (SSSR count). The predicted octanol–water partition coefficient (Wildman–Crippen LogP) is 0.847. The highest BCUT2D eigenvalue weighted by atomic mass is 16.6. The van der Waals surface area contributed by atoms with Crippen LogP contribution in [0.1, 0.15) is 16.8 Å². The second-order valence-corrected chi connectivity index (χ2v) is 4.61. The lowest BCUT2D eigenvalue weighted by atomic mass is 10.0. The summed E-state index contributed by atoms with van der Waals surface area (Å²) in [7, 11) is 0. The maximum absolute atomic E-state index is 11.8. The first kappa shape index (κ1) is 10.7. The fraction of sp³-hybridized carbons (Fsp3) is 0.462. The second kappa shape index (κ2) is 4.47. The van der Waals surface area contributed by atoms with Gasteiger partial charge in [-0.3, -0.25) is 10.2 Å². The van der Waals surface area contributed by atoms with Crippen molar-refractivity contribution in [3.8, 4) is 0 Å². The average molecular weight is 232 g/mol. The van der Waals surface area contributed by atoms with Crippen LogP contribution in [0.15, 0.2) is 30.3 Å². The first-order chi connectivity index (χ1) is 8.33. The van der Waals surface area contributed by atoms with Crippen LogP contribution in [0.4, 0.5) is 0 Å². The molecule has 2 unspecified atom stereocenters. The van der Waals surface area contributed by atoms with Crippen LogP contribution in [0, 0.1) is 0 Å². The normalized spacial score (nSPS) is 28.0. The van der Waals surface area contributed by atoms with Gasteiger partial charge in [-0.25, -0.2) is 4.79 Å². The van der Waals surface area contributed by atoms with Gasteiger partial charge in [0.2, 0.25) is 0 Å². The Kier molecular flexibility index (Phi) is 2.82. The lowest BCUT2D eigenvalue weighted by Gasteiger charge is -2.47. The molecule has 2 aliphatic rings. The van der Waals surface area contributed by atoms with Gasteiger partial charge in [-0.05, 0) is 18.6 Å². The third kappa shape index (κ3) is 2.18. The van der Waals surface area contributed by atoms with Gasteiger partial charge in [0, 0.05) is 25.7 Å². The van der Waals surface area contributed by atoms with E-state index < -0.39 is 0 Å². The Morgan fingerprint density at radius 3 is 2.82 bits per heavy atom. The highest BCUT2D eigenvalue weighted by molar-refractivity contribution is 5.89. The Morgan fingerprint density at radius 2 is 2.18 bits per heavy atom. The molecule has 0 bridgehead atoms. The molecule has 1 N–H and O–H groups in total. The number of carbonyl (C=O) groups is 1. The quantitative estimate of drug-likeness (QED) is 0.767. The van der Waals surface area contributed by atoms with Crippen LogP contribution in [0.2, 0.25) is 0 Å². The van der Waals surface area contributed by atoms with E-state index >= 15 is 0 Å². The maximum Gasteiger partial charge on any atom is 0.339 e. The SMILES string of the molecule is O=C(OC1CN2CCC2CN1)c1ccccc1. The van der Waals surface area contributed by atoms with Gasteiger partial charge in [0.1, 0.15) is 0 Å². The summed E-state index contributed by atoms with van der Waals surface area (Å²) in [6.07, 6.45) is 1.09. The van der Waals surface area contributed by atoms with Crippen LogP contribution in [0.3, 0.4) is 0 Å². The molecule has 1 aromatic carbocycles. The van der Waals surface area contributed by atoms with E-state index in [1.807, 2.05) is 18.2 Å².